The van der Waals surface area contributed by atoms with Crippen LogP contribution in [0.1, 0.15) is 25.6 Å². The number of hydrogen-bond acceptors (Lipinski definition) is 4. The van der Waals surface area contributed by atoms with E-state index in [0.717, 1.165) is 26.1 Å². The number of nitrogens with zero attached hydrogens (tertiary/aromatic N) is 2. The van der Waals surface area contributed by atoms with Gasteiger partial charge in [-0.05, 0) is 38.4 Å². The Hall–Kier alpha value is -1.10. The summed E-state index contributed by atoms with van der Waals surface area (Å²) in [5, 5.41) is 3.69. The summed E-state index contributed by atoms with van der Waals surface area (Å²) >= 11 is 0. The van der Waals surface area contributed by atoms with Crippen molar-refractivity contribution in [2.24, 2.45) is 5.92 Å². The molecule has 1 aliphatic rings. The lowest BCUT2D eigenvalue weighted by Crippen LogP contribution is -2.34. The fourth-order valence-electron chi connectivity index (χ4n) is 2.13. The first-order valence-electron chi connectivity index (χ1n) is 5.55. The summed E-state index contributed by atoms with van der Waals surface area (Å²) in [6.45, 7) is 5.63. The molecule has 0 atom stereocenters. The molecule has 1 saturated heterocycles. The highest BCUT2D eigenvalue weighted by Gasteiger charge is 2.19. The molecule has 0 aliphatic carbocycles. The average molecular weight is 211 g/mol. The van der Waals surface area contributed by atoms with Crippen molar-refractivity contribution in [1.29, 1.82) is 0 Å². The van der Waals surface area contributed by atoms with E-state index in [0.29, 0.717) is 11.7 Å². The van der Waals surface area contributed by atoms with Gasteiger partial charge in [0.25, 0.3) is 0 Å². The Morgan fingerprint density at radius 3 is 2.80 bits per heavy atom. The molecule has 2 rings (SSSR count). The van der Waals surface area contributed by atoms with Gasteiger partial charge >= 0.3 is 5.76 Å². The van der Waals surface area contributed by atoms with Gasteiger partial charge in [0.1, 0.15) is 0 Å². The van der Waals surface area contributed by atoms with Crippen molar-refractivity contribution >= 4 is 0 Å². The summed E-state index contributed by atoms with van der Waals surface area (Å²) in [6, 6.07) is 0. The van der Waals surface area contributed by atoms with Crippen LogP contribution in [-0.2, 0) is 6.42 Å². The number of aromatic amines is 1. The van der Waals surface area contributed by atoms with Crippen LogP contribution in [0.25, 0.3) is 0 Å². The highest BCUT2D eigenvalue weighted by Crippen LogP contribution is 2.19. The molecule has 1 aromatic rings. The Bertz CT molecular complexity index is 350. The minimum atomic E-state index is -0.448. The first kappa shape index (κ1) is 10.4. The van der Waals surface area contributed by atoms with Crippen LogP contribution in [0.15, 0.2) is 9.32 Å². The maximum absolute atomic E-state index is 10.7. The van der Waals surface area contributed by atoms with Crippen molar-refractivity contribution in [2.45, 2.75) is 26.2 Å². The summed E-state index contributed by atoms with van der Waals surface area (Å²) < 4.78 is 4.48. The summed E-state index contributed by atoms with van der Waals surface area (Å²) in [5.74, 6) is 0.875. The minimum Gasteiger partial charge on any atom is -0.304 e. The number of nitrogens with one attached hydrogen (secondary N) is 1. The smallest absolute Gasteiger partial charge is 0.304 e. The standard InChI is InChI=1S/C10H17N3O2/c1-2-13-5-3-8(4-6-13)7-9-11-10(14)15-12-9/h8H,2-7H2,1H3,(H,11,12,14). The van der Waals surface area contributed by atoms with Crippen molar-refractivity contribution < 1.29 is 4.52 Å². The third-order valence-corrected chi connectivity index (χ3v) is 3.12. The van der Waals surface area contributed by atoms with Crippen molar-refractivity contribution in [1.82, 2.24) is 15.0 Å². The zero-order valence-corrected chi connectivity index (χ0v) is 9.03. The van der Waals surface area contributed by atoms with E-state index >= 15 is 0 Å². The van der Waals surface area contributed by atoms with Gasteiger partial charge in [0.15, 0.2) is 5.82 Å². The van der Waals surface area contributed by atoms with E-state index in [-0.39, 0.29) is 0 Å². The average Bonchev–Trinajstić information content (AvgIpc) is 2.65. The normalized spacial score (nSPS) is 19.5. The van der Waals surface area contributed by atoms with Gasteiger partial charge in [-0.25, -0.2) is 4.79 Å². The predicted molar refractivity (Wildman–Crippen MR) is 55.7 cm³/mol. The fourth-order valence-corrected chi connectivity index (χ4v) is 2.13. The van der Waals surface area contributed by atoms with E-state index in [9.17, 15) is 4.79 Å². The zero-order chi connectivity index (χ0) is 10.7. The monoisotopic (exact) mass is 211 g/mol. The molecule has 0 spiro atoms. The van der Waals surface area contributed by atoms with Gasteiger partial charge in [0.2, 0.25) is 0 Å². The highest BCUT2D eigenvalue weighted by molar-refractivity contribution is 4.84. The van der Waals surface area contributed by atoms with Gasteiger partial charge in [-0.15, -0.1) is 0 Å². The fraction of sp³-hybridized carbons (Fsp3) is 0.800. The molecule has 0 saturated carbocycles. The van der Waals surface area contributed by atoms with Crippen LogP contribution in [0.2, 0.25) is 0 Å². The SMILES string of the molecule is CCN1CCC(Cc2noc(=O)[nH]2)CC1. The van der Waals surface area contributed by atoms with Crippen molar-refractivity contribution in [3.8, 4) is 0 Å². The quantitative estimate of drug-likeness (QED) is 0.797. The zero-order valence-electron chi connectivity index (χ0n) is 9.03. The Morgan fingerprint density at radius 1 is 1.53 bits per heavy atom. The molecule has 1 N–H and O–H groups in total. The van der Waals surface area contributed by atoms with Crippen LogP contribution in [0, 0.1) is 5.92 Å². The van der Waals surface area contributed by atoms with E-state index in [2.05, 4.69) is 26.5 Å². The molecule has 15 heavy (non-hydrogen) atoms. The van der Waals surface area contributed by atoms with Crippen LogP contribution >= 0.6 is 0 Å². The molecule has 2 heterocycles. The van der Waals surface area contributed by atoms with Gasteiger partial charge in [0, 0.05) is 6.42 Å². The van der Waals surface area contributed by atoms with Crippen LogP contribution in [0.3, 0.4) is 0 Å². The second-order valence-corrected chi connectivity index (χ2v) is 4.12. The molecule has 0 unspecified atom stereocenters. The molecule has 0 radical (unpaired) electrons. The van der Waals surface area contributed by atoms with Crippen molar-refractivity contribution in [2.75, 3.05) is 19.6 Å². The lowest BCUT2D eigenvalue weighted by molar-refractivity contribution is 0.190. The maximum Gasteiger partial charge on any atom is 0.438 e. The lowest BCUT2D eigenvalue weighted by Gasteiger charge is -2.30. The summed E-state index contributed by atoms with van der Waals surface area (Å²) in [4.78, 5) is 15.8. The molecule has 0 bridgehead atoms. The first-order valence-corrected chi connectivity index (χ1v) is 5.55. The summed E-state index contributed by atoms with van der Waals surface area (Å²) in [5.41, 5.74) is 0. The van der Waals surface area contributed by atoms with Crippen LogP contribution < -0.4 is 5.76 Å². The van der Waals surface area contributed by atoms with E-state index in [1.54, 1.807) is 0 Å². The molecule has 84 valence electrons. The lowest BCUT2D eigenvalue weighted by atomic mass is 9.93. The summed E-state index contributed by atoms with van der Waals surface area (Å²) in [6.07, 6.45) is 3.20. The van der Waals surface area contributed by atoms with Gasteiger partial charge in [0.05, 0.1) is 0 Å². The second-order valence-electron chi connectivity index (χ2n) is 4.12. The summed E-state index contributed by atoms with van der Waals surface area (Å²) in [7, 11) is 0. The van der Waals surface area contributed by atoms with Crippen LogP contribution in [-0.4, -0.2) is 34.7 Å². The molecule has 1 fully saturated rings. The van der Waals surface area contributed by atoms with Gasteiger partial charge in [-0.2, -0.15) is 0 Å². The first-order chi connectivity index (χ1) is 7.28. The largest absolute Gasteiger partial charge is 0.438 e. The van der Waals surface area contributed by atoms with Crippen molar-refractivity contribution in [3.63, 3.8) is 0 Å². The molecule has 0 aromatic carbocycles. The van der Waals surface area contributed by atoms with E-state index in [4.69, 9.17) is 0 Å². The molecule has 5 nitrogen and oxygen atoms in total. The minimum absolute atomic E-state index is 0.448. The Kier molecular flexibility index (Phi) is 3.20. The van der Waals surface area contributed by atoms with Gasteiger partial charge in [-0.1, -0.05) is 12.1 Å². The Balaban J connectivity index is 1.84. The molecule has 1 aliphatic heterocycles. The van der Waals surface area contributed by atoms with Crippen molar-refractivity contribution in [3.05, 3.63) is 16.4 Å². The van der Waals surface area contributed by atoms with E-state index in [1.807, 2.05) is 0 Å². The predicted octanol–water partition coefficient (Wildman–Crippen LogP) is 0.637. The van der Waals surface area contributed by atoms with Crippen LogP contribution in [0.4, 0.5) is 0 Å². The van der Waals surface area contributed by atoms with Crippen LogP contribution in [0.5, 0.6) is 0 Å². The third kappa shape index (κ3) is 2.68. The number of hydrogen-bond donors (Lipinski definition) is 1. The van der Waals surface area contributed by atoms with E-state index < -0.39 is 5.76 Å². The van der Waals surface area contributed by atoms with Gasteiger partial charge < -0.3 is 4.90 Å². The number of piperidine rings is 1. The molecular weight excluding hydrogens is 194 g/mol. The molecule has 0 amide bonds. The topological polar surface area (TPSA) is 62.1 Å². The number of H-pyrrole nitrogens is 1. The molecule has 5 heteroatoms. The Morgan fingerprint density at radius 2 is 2.27 bits per heavy atom. The number of rotatable bonds is 3. The Labute approximate surface area is 88.5 Å². The maximum atomic E-state index is 10.7. The van der Waals surface area contributed by atoms with E-state index in [1.165, 1.54) is 12.8 Å². The highest BCUT2D eigenvalue weighted by atomic mass is 16.5. The molecular formula is C10H17N3O2. The third-order valence-electron chi connectivity index (χ3n) is 3.12. The number of aromatic nitrogens is 2. The molecule has 1 aromatic heterocycles. The number of likely N-dealkylation sites (tertiary alicyclic amines) is 1. The van der Waals surface area contributed by atoms with Gasteiger partial charge in [-0.3, -0.25) is 9.51 Å². The second kappa shape index (κ2) is 4.61.